The van der Waals surface area contributed by atoms with Crippen LogP contribution in [0.1, 0.15) is 5.56 Å². The van der Waals surface area contributed by atoms with E-state index >= 15 is 0 Å². The van der Waals surface area contributed by atoms with E-state index in [0.717, 1.165) is 0 Å². The van der Waals surface area contributed by atoms with Crippen LogP contribution in [0.2, 0.25) is 5.02 Å². The minimum Gasteiger partial charge on any atom is -0.484 e. The average Bonchev–Trinajstić information content (AvgIpc) is 2.74. The maximum absolute atomic E-state index is 12.8. The quantitative estimate of drug-likeness (QED) is 0.745. The van der Waals surface area contributed by atoms with Crippen molar-refractivity contribution in [1.29, 1.82) is 5.26 Å². The topological polar surface area (TPSA) is 109 Å². The number of hydrogen-bond donors (Lipinski definition) is 1. The summed E-state index contributed by atoms with van der Waals surface area (Å²) < 4.78 is 37.4. The van der Waals surface area contributed by atoms with Crippen molar-refractivity contribution in [3.8, 4) is 11.8 Å². The molecule has 0 spiro atoms. The Labute approximate surface area is 173 Å². The first-order valence-corrected chi connectivity index (χ1v) is 10.5. The Morgan fingerprint density at radius 2 is 1.90 bits per heavy atom. The van der Waals surface area contributed by atoms with Gasteiger partial charge in [-0.3, -0.25) is 4.79 Å². The molecule has 0 radical (unpaired) electrons. The first-order chi connectivity index (χ1) is 13.9. The third-order valence-corrected chi connectivity index (χ3v) is 6.40. The van der Waals surface area contributed by atoms with E-state index in [1.54, 1.807) is 24.3 Å². The second-order valence-corrected chi connectivity index (χ2v) is 8.48. The molecule has 3 rings (SSSR count). The number of sulfonamides is 1. The van der Waals surface area contributed by atoms with Gasteiger partial charge >= 0.3 is 0 Å². The van der Waals surface area contributed by atoms with E-state index in [1.807, 2.05) is 6.07 Å². The van der Waals surface area contributed by atoms with Crippen LogP contribution in [0.25, 0.3) is 0 Å². The summed E-state index contributed by atoms with van der Waals surface area (Å²) in [7, 11) is -3.71. The molecular formula is C19H18ClN3O5S. The number of amides is 1. The number of halogens is 1. The third kappa shape index (κ3) is 5.25. The van der Waals surface area contributed by atoms with Crippen LogP contribution in [-0.4, -0.2) is 51.5 Å². The number of carbonyl (C=O) groups is 1. The minimum absolute atomic E-state index is 0.0344. The molecule has 10 heteroatoms. The average molecular weight is 436 g/mol. The van der Waals surface area contributed by atoms with Crippen LogP contribution in [-0.2, 0) is 19.6 Å². The molecule has 0 bridgehead atoms. The summed E-state index contributed by atoms with van der Waals surface area (Å²) in [5.41, 5.74) is 0.654. The lowest BCUT2D eigenvalue weighted by Gasteiger charge is -2.26. The molecule has 1 fully saturated rings. The number of carbonyl (C=O) groups excluding carboxylic acids is 1. The van der Waals surface area contributed by atoms with Gasteiger partial charge in [-0.1, -0.05) is 11.6 Å². The van der Waals surface area contributed by atoms with E-state index in [0.29, 0.717) is 24.5 Å². The molecule has 0 unspecified atom stereocenters. The molecule has 0 atom stereocenters. The maximum Gasteiger partial charge on any atom is 0.262 e. The molecule has 2 aromatic carbocycles. The smallest absolute Gasteiger partial charge is 0.262 e. The Balaban J connectivity index is 1.67. The fourth-order valence-corrected chi connectivity index (χ4v) is 4.26. The Morgan fingerprint density at radius 3 is 2.55 bits per heavy atom. The van der Waals surface area contributed by atoms with Crippen LogP contribution >= 0.6 is 11.6 Å². The monoisotopic (exact) mass is 435 g/mol. The molecule has 1 aliphatic rings. The highest BCUT2D eigenvalue weighted by molar-refractivity contribution is 7.89. The Kier molecular flexibility index (Phi) is 6.71. The minimum atomic E-state index is -3.71. The zero-order valence-electron chi connectivity index (χ0n) is 15.3. The van der Waals surface area contributed by atoms with Gasteiger partial charge in [0.15, 0.2) is 6.61 Å². The predicted octanol–water partition coefficient (Wildman–Crippen LogP) is 2.25. The molecule has 1 heterocycles. The maximum atomic E-state index is 12.8. The lowest BCUT2D eigenvalue weighted by molar-refractivity contribution is -0.118. The number of nitrogens with one attached hydrogen (secondary N) is 1. The third-order valence-electron chi connectivity index (χ3n) is 4.17. The summed E-state index contributed by atoms with van der Waals surface area (Å²) in [5.74, 6) is -0.0777. The van der Waals surface area contributed by atoms with E-state index in [4.69, 9.17) is 26.3 Å². The second-order valence-electron chi connectivity index (χ2n) is 6.13. The Hall–Kier alpha value is -2.64. The lowest BCUT2D eigenvalue weighted by atomic mass is 10.2. The number of benzene rings is 2. The van der Waals surface area contributed by atoms with Crippen molar-refractivity contribution in [3.63, 3.8) is 0 Å². The fourth-order valence-electron chi connectivity index (χ4n) is 2.66. The number of morpholine rings is 1. The molecule has 1 aliphatic heterocycles. The summed E-state index contributed by atoms with van der Waals surface area (Å²) in [6.07, 6.45) is 0. The van der Waals surface area contributed by atoms with Gasteiger partial charge in [-0.2, -0.15) is 9.57 Å². The Bertz CT molecular complexity index is 1030. The fraction of sp³-hybridized carbons (Fsp3) is 0.263. The van der Waals surface area contributed by atoms with Crippen LogP contribution in [0.4, 0.5) is 5.69 Å². The highest BCUT2D eigenvalue weighted by atomic mass is 35.5. The van der Waals surface area contributed by atoms with Crippen molar-refractivity contribution in [2.24, 2.45) is 0 Å². The normalized spacial score (nSPS) is 14.8. The zero-order chi connectivity index (χ0) is 20.9. The van der Waals surface area contributed by atoms with Crippen LogP contribution in [0.15, 0.2) is 47.4 Å². The first kappa shape index (κ1) is 21.1. The highest BCUT2D eigenvalue weighted by Gasteiger charge is 2.27. The molecule has 152 valence electrons. The second kappa shape index (κ2) is 9.24. The molecule has 0 saturated carbocycles. The van der Waals surface area contributed by atoms with Crippen molar-refractivity contribution in [2.75, 3.05) is 38.2 Å². The van der Waals surface area contributed by atoms with Gasteiger partial charge in [-0.15, -0.1) is 0 Å². The van der Waals surface area contributed by atoms with Gasteiger partial charge in [0, 0.05) is 13.1 Å². The highest BCUT2D eigenvalue weighted by Crippen LogP contribution is 2.27. The molecule has 8 nitrogen and oxygen atoms in total. The number of anilines is 1. The van der Waals surface area contributed by atoms with Crippen molar-refractivity contribution in [1.82, 2.24) is 4.31 Å². The predicted molar refractivity (Wildman–Crippen MR) is 106 cm³/mol. The summed E-state index contributed by atoms with van der Waals surface area (Å²) in [4.78, 5) is 12.2. The number of hydrogen-bond acceptors (Lipinski definition) is 6. The zero-order valence-corrected chi connectivity index (χ0v) is 16.9. The van der Waals surface area contributed by atoms with Gasteiger partial charge < -0.3 is 14.8 Å². The van der Waals surface area contributed by atoms with Crippen molar-refractivity contribution < 1.29 is 22.7 Å². The SMILES string of the molecule is N#Cc1ccc(OCC(=O)Nc2cc(S(=O)(=O)N3CCOCC3)ccc2Cl)cc1. The van der Waals surface area contributed by atoms with Crippen LogP contribution in [0, 0.1) is 11.3 Å². The number of rotatable bonds is 6. The lowest BCUT2D eigenvalue weighted by Crippen LogP contribution is -2.40. The molecule has 29 heavy (non-hydrogen) atoms. The van der Waals surface area contributed by atoms with Crippen LogP contribution < -0.4 is 10.1 Å². The van der Waals surface area contributed by atoms with E-state index in [9.17, 15) is 13.2 Å². The molecular weight excluding hydrogens is 418 g/mol. The van der Waals surface area contributed by atoms with Crippen LogP contribution in [0.3, 0.4) is 0 Å². The summed E-state index contributed by atoms with van der Waals surface area (Å²) in [5, 5.41) is 11.5. The van der Waals surface area contributed by atoms with Crippen molar-refractivity contribution in [3.05, 3.63) is 53.1 Å². The number of nitriles is 1. The molecule has 2 aromatic rings. The molecule has 1 N–H and O–H groups in total. The van der Waals surface area contributed by atoms with Gasteiger partial charge in [-0.25, -0.2) is 8.42 Å². The standard InChI is InChI=1S/C19H18ClN3O5S/c20-17-6-5-16(29(25,26)23-7-9-27-10-8-23)11-18(17)22-19(24)13-28-15-3-1-14(12-21)2-4-15/h1-6,11H,7-10,13H2,(H,22,24). The molecule has 1 saturated heterocycles. The van der Waals surface area contributed by atoms with Gasteiger partial charge in [0.2, 0.25) is 10.0 Å². The largest absolute Gasteiger partial charge is 0.484 e. The van der Waals surface area contributed by atoms with Gasteiger partial charge in [0.1, 0.15) is 5.75 Å². The van der Waals surface area contributed by atoms with E-state index in [-0.39, 0.29) is 35.3 Å². The molecule has 0 aliphatic carbocycles. The van der Waals surface area contributed by atoms with E-state index in [2.05, 4.69) is 5.32 Å². The van der Waals surface area contributed by atoms with E-state index in [1.165, 1.54) is 22.5 Å². The summed E-state index contributed by atoms with van der Waals surface area (Å²) in [6.45, 7) is 0.908. The number of nitrogens with zero attached hydrogens (tertiary/aromatic N) is 2. The Morgan fingerprint density at radius 1 is 1.21 bits per heavy atom. The van der Waals surface area contributed by atoms with Crippen molar-refractivity contribution >= 4 is 33.2 Å². The summed E-state index contributed by atoms with van der Waals surface area (Å²) >= 11 is 6.11. The van der Waals surface area contributed by atoms with Crippen molar-refractivity contribution in [2.45, 2.75) is 4.90 Å². The summed E-state index contributed by atoms with van der Waals surface area (Å²) in [6, 6.07) is 12.4. The molecule has 1 amide bonds. The van der Waals surface area contributed by atoms with Gasteiger partial charge in [0.05, 0.1) is 40.5 Å². The van der Waals surface area contributed by atoms with Gasteiger partial charge in [0.25, 0.3) is 5.91 Å². The van der Waals surface area contributed by atoms with Crippen LogP contribution in [0.5, 0.6) is 5.75 Å². The first-order valence-electron chi connectivity index (χ1n) is 8.70. The number of ether oxygens (including phenoxy) is 2. The van der Waals surface area contributed by atoms with Gasteiger partial charge in [-0.05, 0) is 42.5 Å². The molecule has 0 aromatic heterocycles. The van der Waals surface area contributed by atoms with E-state index < -0.39 is 15.9 Å².